The van der Waals surface area contributed by atoms with Crippen LogP contribution < -0.4 is 11.1 Å². The van der Waals surface area contributed by atoms with E-state index in [1.807, 2.05) is 12.1 Å². The lowest BCUT2D eigenvalue weighted by atomic mass is 10.0. The SMILES string of the molecule is CCc1nn2c(c1Br)NCCC2c1ccc(N)cc1. The molecule has 2 heterocycles. The van der Waals surface area contributed by atoms with Crippen molar-refractivity contribution in [2.75, 3.05) is 17.6 Å². The Labute approximate surface area is 121 Å². The van der Waals surface area contributed by atoms with E-state index < -0.39 is 0 Å². The molecule has 3 N–H and O–H groups in total. The zero-order valence-corrected chi connectivity index (χ0v) is 12.4. The van der Waals surface area contributed by atoms with Gasteiger partial charge >= 0.3 is 0 Å². The number of rotatable bonds is 2. The van der Waals surface area contributed by atoms with Crippen molar-refractivity contribution in [2.45, 2.75) is 25.8 Å². The van der Waals surface area contributed by atoms with E-state index in [1.165, 1.54) is 5.56 Å². The number of hydrogen-bond donors (Lipinski definition) is 2. The van der Waals surface area contributed by atoms with Crippen molar-refractivity contribution in [1.82, 2.24) is 9.78 Å². The molecule has 1 unspecified atom stereocenters. The molecule has 3 rings (SSSR count). The van der Waals surface area contributed by atoms with Gasteiger partial charge in [0.1, 0.15) is 5.82 Å². The first kappa shape index (κ1) is 12.5. The second-order valence-electron chi connectivity index (χ2n) is 4.81. The predicted molar refractivity (Wildman–Crippen MR) is 81.4 cm³/mol. The lowest BCUT2D eigenvalue weighted by Crippen LogP contribution is -2.24. The first-order chi connectivity index (χ1) is 9.20. The van der Waals surface area contributed by atoms with Crippen LogP contribution in [0.5, 0.6) is 0 Å². The Morgan fingerprint density at radius 1 is 1.42 bits per heavy atom. The van der Waals surface area contributed by atoms with Crippen LogP contribution in [-0.4, -0.2) is 16.3 Å². The number of aryl methyl sites for hydroxylation is 1. The Kier molecular flexibility index (Phi) is 3.22. The molecule has 2 aromatic rings. The van der Waals surface area contributed by atoms with Gasteiger partial charge < -0.3 is 11.1 Å². The molecular formula is C14H17BrN4. The highest BCUT2D eigenvalue weighted by Crippen LogP contribution is 2.36. The molecular weight excluding hydrogens is 304 g/mol. The van der Waals surface area contributed by atoms with Gasteiger partial charge in [-0.15, -0.1) is 0 Å². The lowest BCUT2D eigenvalue weighted by molar-refractivity contribution is 0.478. The van der Waals surface area contributed by atoms with Gasteiger partial charge in [0, 0.05) is 12.2 Å². The highest BCUT2D eigenvalue weighted by Gasteiger charge is 2.25. The maximum Gasteiger partial charge on any atom is 0.139 e. The summed E-state index contributed by atoms with van der Waals surface area (Å²) < 4.78 is 3.19. The average Bonchev–Trinajstić information content (AvgIpc) is 2.77. The maximum absolute atomic E-state index is 5.76. The van der Waals surface area contributed by atoms with E-state index in [-0.39, 0.29) is 6.04 Å². The molecule has 0 amide bonds. The molecule has 0 spiro atoms. The normalized spacial score (nSPS) is 17.9. The fraction of sp³-hybridized carbons (Fsp3) is 0.357. The number of aromatic nitrogens is 2. The fourth-order valence-corrected chi connectivity index (χ4v) is 3.23. The van der Waals surface area contributed by atoms with Gasteiger partial charge in [0.15, 0.2) is 0 Å². The summed E-state index contributed by atoms with van der Waals surface area (Å²) in [5.41, 5.74) is 8.92. The topological polar surface area (TPSA) is 55.9 Å². The van der Waals surface area contributed by atoms with E-state index >= 15 is 0 Å². The molecule has 4 nitrogen and oxygen atoms in total. The highest BCUT2D eigenvalue weighted by molar-refractivity contribution is 9.10. The molecule has 1 aromatic carbocycles. The van der Waals surface area contributed by atoms with Crippen molar-refractivity contribution >= 4 is 27.4 Å². The summed E-state index contributed by atoms with van der Waals surface area (Å²) in [6.45, 7) is 3.08. The molecule has 0 aliphatic carbocycles. The molecule has 0 radical (unpaired) electrons. The average molecular weight is 321 g/mol. The molecule has 5 heteroatoms. The maximum atomic E-state index is 5.76. The van der Waals surface area contributed by atoms with Crippen LogP contribution in [0.4, 0.5) is 11.5 Å². The first-order valence-corrected chi connectivity index (χ1v) is 7.36. The number of halogens is 1. The second kappa shape index (κ2) is 4.89. The van der Waals surface area contributed by atoms with Crippen LogP contribution in [0, 0.1) is 0 Å². The van der Waals surface area contributed by atoms with Crippen LogP contribution in [0.15, 0.2) is 28.7 Å². The smallest absolute Gasteiger partial charge is 0.139 e. The summed E-state index contributed by atoms with van der Waals surface area (Å²) in [5, 5.41) is 8.15. The standard InChI is InChI=1S/C14H17BrN4/c1-2-11-13(15)14-17-8-7-12(19(14)18-11)9-3-5-10(16)6-4-9/h3-6,12,17H,2,7-8,16H2,1H3. The molecule has 1 atom stereocenters. The van der Waals surface area contributed by atoms with E-state index in [1.54, 1.807) is 0 Å². The minimum atomic E-state index is 0.286. The monoisotopic (exact) mass is 320 g/mol. The number of anilines is 2. The van der Waals surface area contributed by atoms with E-state index in [0.29, 0.717) is 0 Å². The molecule has 0 fully saturated rings. The Balaban J connectivity index is 2.05. The van der Waals surface area contributed by atoms with Crippen molar-refractivity contribution < 1.29 is 0 Å². The summed E-state index contributed by atoms with van der Waals surface area (Å²) in [6, 6.07) is 8.38. The number of nitrogens with two attached hydrogens (primary N) is 1. The Bertz CT molecular complexity index is 588. The van der Waals surface area contributed by atoms with Gasteiger partial charge in [-0.05, 0) is 46.5 Å². The molecule has 19 heavy (non-hydrogen) atoms. The summed E-state index contributed by atoms with van der Waals surface area (Å²) in [6.07, 6.45) is 1.96. The molecule has 100 valence electrons. The Hall–Kier alpha value is -1.49. The van der Waals surface area contributed by atoms with E-state index in [0.717, 1.165) is 41.1 Å². The number of hydrogen-bond acceptors (Lipinski definition) is 3. The van der Waals surface area contributed by atoms with E-state index in [4.69, 9.17) is 10.8 Å². The summed E-state index contributed by atoms with van der Waals surface area (Å²) in [7, 11) is 0. The van der Waals surface area contributed by atoms with Gasteiger partial charge in [-0.3, -0.25) is 0 Å². The Morgan fingerprint density at radius 2 is 2.16 bits per heavy atom. The first-order valence-electron chi connectivity index (χ1n) is 6.57. The minimum absolute atomic E-state index is 0.286. The Morgan fingerprint density at radius 3 is 2.84 bits per heavy atom. The number of nitrogens with zero attached hydrogens (tertiary/aromatic N) is 2. The van der Waals surface area contributed by atoms with Crippen molar-refractivity contribution in [3.05, 3.63) is 40.0 Å². The van der Waals surface area contributed by atoms with Crippen molar-refractivity contribution in [1.29, 1.82) is 0 Å². The summed E-state index contributed by atoms with van der Waals surface area (Å²) in [4.78, 5) is 0. The molecule has 0 saturated carbocycles. The number of fused-ring (bicyclic) bond motifs is 1. The van der Waals surface area contributed by atoms with Gasteiger partial charge in [-0.25, -0.2) is 4.68 Å². The minimum Gasteiger partial charge on any atom is -0.399 e. The molecule has 1 aliphatic rings. The quantitative estimate of drug-likeness (QED) is 0.835. The van der Waals surface area contributed by atoms with Gasteiger partial charge in [0.25, 0.3) is 0 Å². The van der Waals surface area contributed by atoms with Crippen LogP contribution in [0.3, 0.4) is 0 Å². The lowest BCUT2D eigenvalue weighted by Gasteiger charge is -2.26. The molecule has 1 aromatic heterocycles. The third-order valence-electron chi connectivity index (χ3n) is 3.58. The van der Waals surface area contributed by atoms with Gasteiger partial charge in [-0.2, -0.15) is 5.10 Å². The molecule has 1 aliphatic heterocycles. The summed E-state index contributed by atoms with van der Waals surface area (Å²) >= 11 is 3.64. The zero-order valence-electron chi connectivity index (χ0n) is 10.9. The third kappa shape index (κ3) is 2.12. The van der Waals surface area contributed by atoms with Gasteiger partial charge in [0.05, 0.1) is 16.2 Å². The number of benzene rings is 1. The van der Waals surface area contributed by atoms with Crippen LogP contribution in [-0.2, 0) is 6.42 Å². The molecule has 0 bridgehead atoms. The fourth-order valence-electron chi connectivity index (χ4n) is 2.55. The van der Waals surface area contributed by atoms with E-state index in [9.17, 15) is 0 Å². The predicted octanol–water partition coefficient (Wildman–Crippen LogP) is 3.20. The van der Waals surface area contributed by atoms with Gasteiger partial charge in [0.2, 0.25) is 0 Å². The van der Waals surface area contributed by atoms with Crippen LogP contribution in [0.1, 0.15) is 30.6 Å². The van der Waals surface area contributed by atoms with Crippen molar-refractivity contribution in [3.63, 3.8) is 0 Å². The van der Waals surface area contributed by atoms with Gasteiger partial charge in [-0.1, -0.05) is 19.1 Å². The van der Waals surface area contributed by atoms with Crippen LogP contribution >= 0.6 is 15.9 Å². The number of nitrogen functional groups attached to an aromatic ring is 1. The third-order valence-corrected chi connectivity index (χ3v) is 4.41. The zero-order chi connectivity index (χ0) is 13.4. The largest absolute Gasteiger partial charge is 0.399 e. The van der Waals surface area contributed by atoms with E-state index in [2.05, 4.69) is 45.0 Å². The molecule has 0 saturated heterocycles. The van der Waals surface area contributed by atoms with Crippen molar-refractivity contribution in [2.24, 2.45) is 0 Å². The summed E-state index contributed by atoms with van der Waals surface area (Å²) in [5.74, 6) is 1.09. The number of nitrogens with one attached hydrogen (secondary N) is 1. The van der Waals surface area contributed by atoms with Crippen molar-refractivity contribution in [3.8, 4) is 0 Å². The van der Waals surface area contributed by atoms with Crippen LogP contribution in [0.2, 0.25) is 0 Å². The van der Waals surface area contributed by atoms with Crippen LogP contribution in [0.25, 0.3) is 0 Å². The second-order valence-corrected chi connectivity index (χ2v) is 5.60. The highest BCUT2D eigenvalue weighted by atomic mass is 79.9.